The number of hydrogen-bond donors (Lipinski definition) is 1. The summed E-state index contributed by atoms with van der Waals surface area (Å²) >= 11 is 5.89. The van der Waals surface area contributed by atoms with Gasteiger partial charge in [0, 0.05) is 16.6 Å². The van der Waals surface area contributed by atoms with E-state index in [2.05, 4.69) is 5.32 Å². The van der Waals surface area contributed by atoms with Crippen LogP contribution in [0.4, 0.5) is 5.69 Å². The molecule has 1 amide bonds. The van der Waals surface area contributed by atoms with E-state index >= 15 is 0 Å². The van der Waals surface area contributed by atoms with Crippen molar-refractivity contribution in [1.82, 2.24) is 0 Å². The summed E-state index contributed by atoms with van der Waals surface area (Å²) in [5.41, 5.74) is 0.802. The minimum absolute atomic E-state index is 0.0154. The van der Waals surface area contributed by atoms with Crippen molar-refractivity contribution >= 4 is 23.2 Å². The molecule has 3 nitrogen and oxygen atoms in total. The second-order valence-electron chi connectivity index (χ2n) is 7.19. The molecule has 0 heterocycles. The molecule has 1 fully saturated rings. The first-order valence-electron chi connectivity index (χ1n) is 10.4. The predicted octanol–water partition coefficient (Wildman–Crippen LogP) is 6.83. The molecule has 0 aromatic heterocycles. The average Bonchev–Trinajstić information content (AvgIpc) is 2.76. The van der Waals surface area contributed by atoms with Crippen LogP contribution in [0.2, 0.25) is 5.02 Å². The third kappa shape index (κ3) is 6.87. The molecular formula is C24H32ClNO2. The third-order valence-electron chi connectivity index (χ3n) is 5.35. The fraction of sp³-hybridized carbons (Fsp3) is 0.458. The maximum Gasteiger partial charge on any atom is 0.227 e. The van der Waals surface area contributed by atoms with Gasteiger partial charge in [-0.1, -0.05) is 50.6 Å². The van der Waals surface area contributed by atoms with Crippen LogP contribution in [0.15, 0.2) is 54.6 Å². The van der Waals surface area contributed by atoms with Crippen molar-refractivity contribution in [1.29, 1.82) is 0 Å². The van der Waals surface area contributed by atoms with E-state index in [1.807, 2.05) is 63.2 Å². The maximum absolute atomic E-state index is 12.5. The molecule has 1 unspecified atom stereocenters. The number of carbonyl (C=O) groups is 1. The molecule has 1 aliphatic rings. The number of amides is 1. The molecule has 2 aromatic rings. The summed E-state index contributed by atoms with van der Waals surface area (Å²) in [4.78, 5) is 12.5. The third-order valence-corrected chi connectivity index (χ3v) is 5.60. The fourth-order valence-corrected chi connectivity index (χ4v) is 3.72. The average molecular weight is 402 g/mol. The molecule has 1 aliphatic carbocycles. The number of rotatable bonds is 6. The monoisotopic (exact) mass is 401 g/mol. The zero-order valence-electron chi connectivity index (χ0n) is 17.2. The van der Waals surface area contributed by atoms with Crippen LogP contribution in [-0.4, -0.2) is 12.5 Å². The van der Waals surface area contributed by atoms with Gasteiger partial charge in [-0.25, -0.2) is 0 Å². The molecule has 0 aliphatic heterocycles. The zero-order valence-corrected chi connectivity index (χ0v) is 17.9. The molecule has 0 spiro atoms. The Bertz CT molecular complexity index is 694. The van der Waals surface area contributed by atoms with Gasteiger partial charge in [-0.2, -0.15) is 0 Å². The van der Waals surface area contributed by atoms with Crippen molar-refractivity contribution in [2.75, 3.05) is 11.9 Å². The number of nitrogens with one attached hydrogen (secondary N) is 1. The SMILES string of the molecule is CC.CC(C(=O)Nc1ccc(Cl)cc1)C1CCC(COc2ccccc2)CC1. The summed E-state index contributed by atoms with van der Waals surface area (Å²) in [7, 11) is 0. The molecule has 3 rings (SSSR count). The van der Waals surface area contributed by atoms with Gasteiger partial charge in [-0.05, 0) is 73.9 Å². The highest BCUT2D eigenvalue weighted by Gasteiger charge is 2.29. The van der Waals surface area contributed by atoms with E-state index in [0.717, 1.165) is 43.7 Å². The highest BCUT2D eigenvalue weighted by atomic mass is 35.5. The highest BCUT2D eigenvalue weighted by molar-refractivity contribution is 6.30. The second kappa shape index (κ2) is 11.8. The molecule has 0 saturated heterocycles. The van der Waals surface area contributed by atoms with Gasteiger partial charge in [-0.15, -0.1) is 0 Å². The Labute approximate surface area is 174 Å². The van der Waals surface area contributed by atoms with Crippen molar-refractivity contribution in [3.8, 4) is 5.75 Å². The van der Waals surface area contributed by atoms with E-state index in [4.69, 9.17) is 16.3 Å². The highest BCUT2D eigenvalue weighted by Crippen LogP contribution is 2.34. The van der Waals surface area contributed by atoms with E-state index in [-0.39, 0.29) is 11.8 Å². The van der Waals surface area contributed by atoms with E-state index in [0.29, 0.717) is 16.9 Å². The lowest BCUT2D eigenvalue weighted by Gasteiger charge is -2.31. The fourth-order valence-electron chi connectivity index (χ4n) is 3.59. The first-order chi connectivity index (χ1) is 13.6. The molecule has 1 saturated carbocycles. The standard InChI is InChI=1S/C22H26ClNO2.C2H6/c1-16(22(25)24-20-13-11-19(23)12-14-20)18-9-7-17(8-10-18)15-26-21-5-3-2-4-6-21;1-2/h2-6,11-14,16-18H,7-10,15H2,1H3,(H,24,25);1-2H3. The number of carbonyl (C=O) groups excluding carboxylic acids is 1. The van der Waals surface area contributed by atoms with Crippen LogP contribution >= 0.6 is 11.6 Å². The minimum Gasteiger partial charge on any atom is -0.493 e. The molecule has 152 valence electrons. The van der Waals surface area contributed by atoms with Crippen LogP contribution in [-0.2, 0) is 4.79 Å². The lowest BCUT2D eigenvalue weighted by Crippen LogP contribution is -2.31. The molecule has 0 radical (unpaired) electrons. The molecule has 1 atom stereocenters. The van der Waals surface area contributed by atoms with Gasteiger partial charge in [0.05, 0.1) is 6.61 Å². The number of halogens is 1. The van der Waals surface area contributed by atoms with Gasteiger partial charge in [-0.3, -0.25) is 4.79 Å². The Morgan fingerprint density at radius 3 is 2.25 bits per heavy atom. The van der Waals surface area contributed by atoms with Crippen LogP contribution in [0.3, 0.4) is 0 Å². The lowest BCUT2D eigenvalue weighted by atomic mass is 9.76. The summed E-state index contributed by atoms with van der Waals surface area (Å²) in [6, 6.07) is 17.2. The van der Waals surface area contributed by atoms with E-state index in [9.17, 15) is 4.79 Å². The van der Waals surface area contributed by atoms with Gasteiger partial charge in [0.15, 0.2) is 0 Å². The van der Waals surface area contributed by atoms with Crippen molar-refractivity contribution in [2.24, 2.45) is 17.8 Å². The summed E-state index contributed by atoms with van der Waals surface area (Å²) in [5.74, 6) is 2.07. The van der Waals surface area contributed by atoms with E-state index in [1.54, 1.807) is 12.1 Å². The van der Waals surface area contributed by atoms with Crippen LogP contribution in [0.5, 0.6) is 5.75 Å². The summed E-state index contributed by atoms with van der Waals surface area (Å²) in [6.07, 6.45) is 4.40. The number of ether oxygens (including phenoxy) is 1. The van der Waals surface area contributed by atoms with Gasteiger partial charge in [0.1, 0.15) is 5.75 Å². The van der Waals surface area contributed by atoms with Crippen molar-refractivity contribution in [2.45, 2.75) is 46.5 Å². The van der Waals surface area contributed by atoms with Crippen LogP contribution in [0.25, 0.3) is 0 Å². The smallest absolute Gasteiger partial charge is 0.227 e. The molecule has 1 N–H and O–H groups in total. The topological polar surface area (TPSA) is 38.3 Å². The first kappa shape index (κ1) is 22.3. The predicted molar refractivity (Wildman–Crippen MR) is 118 cm³/mol. The minimum atomic E-state index is 0.0154. The van der Waals surface area contributed by atoms with Crippen molar-refractivity contribution in [3.63, 3.8) is 0 Å². The summed E-state index contributed by atoms with van der Waals surface area (Å²) in [5, 5.41) is 3.68. The summed E-state index contributed by atoms with van der Waals surface area (Å²) in [6.45, 7) is 6.80. The van der Waals surface area contributed by atoms with Crippen molar-refractivity contribution in [3.05, 3.63) is 59.6 Å². The number of para-hydroxylation sites is 1. The van der Waals surface area contributed by atoms with Gasteiger partial charge in [0.2, 0.25) is 5.91 Å². The number of anilines is 1. The zero-order chi connectivity index (χ0) is 20.4. The normalized spacial score (nSPS) is 19.7. The number of hydrogen-bond acceptors (Lipinski definition) is 2. The molecule has 2 aromatic carbocycles. The van der Waals surface area contributed by atoms with Crippen molar-refractivity contribution < 1.29 is 9.53 Å². The quantitative estimate of drug-likeness (QED) is 0.576. The first-order valence-corrected chi connectivity index (χ1v) is 10.7. The Morgan fingerprint density at radius 1 is 1.04 bits per heavy atom. The van der Waals surface area contributed by atoms with Crippen LogP contribution in [0, 0.1) is 17.8 Å². The summed E-state index contributed by atoms with van der Waals surface area (Å²) < 4.78 is 5.89. The largest absolute Gasteiger partial charge is 0.493 e. The van der Waals surface area contributed by atoms with Gasteiger partial charge in [0.25, 0.3) is 0 Å². The number of benzene rings is 2. The van der Waals surface area contributed by atoms with E-state index < -0.39 is 0 Å². The lowest BCUT2D eigenvalue weighted by molar-refractivity contribution is -0.121. The second-order valence-corrected chi connectivity index (χ2v) is 7.63. The maximum atomic E-state index is 12.5. The van der Waals surface area contributed by atoms with Gasteiger partial charge >= 0.3 is 0 Å². The molecule has 0 bridgehead atoms. The Kier molecular flexibility index (Phi) is 9.36. The van der Waals surface area contributed by atoms with Gasteiger partial charge < -0.3 is 10.1 Å². The van der Waals surface area contributed by atoms with E-state index in [1.165, 1.54) is 0 Å². The Balaban J connectivity index is 0.00000136. The Hall–Kier alpha value is -2.00. The van der Waals surface area contributed by atoms with Crippen LogP contribution in [0.1, 0.15) is 46.5 Å². The molecule has 28 heavy (non-hydrogen) atoms. The molecular weight excluding hydrogens is 370 g/mol. The molecule has 4 heteroatoms. The Morgan fingerprint density at radius 2 is 1.64 bits per heavy atom. The van der Waals surface area contributed by atoms with Crippen LogP contribution < -0.4 is 10.1 Å².